The first-order valence-electron chi connectivity index (χ1n) is 5.61. The average molecular weight is 258 g/mol. The van der Waals surface area contributed by atoms with E-state index in [4.69, 9.17) is 9.47 Å². The molecule has 0 unspecified atom stereocenters. The minimum absolute atomic E-state index is 0.302. The minimum Gasteiger partial charge on any atom is -0.462 e. The molecule has 1 aliphatic heterocycles. The first-order valence-corrected chi connectivity index (χ1v) is 5.61. The van der Waals surface area contributed by atoms with Gasteiger partial charge in [-0.25, -0.2) is 4.39 Å². The van der Waals surface area contributed by atoms with Crippen molar-refractivity contribution >= 4 is 0 Å². The van der Waals surface area contributed by atoms with Crippen LogP contribution in [0.3, 0.4) is 0 Å². The molecular weight excluding hydrogens is 243 g/mol. The maximum atomic E-state index is 12.7. The predicted octanol–water partition coefficient (Wildman–Crippen LogP) is 0.0320. The van der Waals surface area contributed by atoms with Crippen LogP contribution in [0.5, 0.6) is 5.75 Å². The van der Waals surface area contributed by atoms with Crippen LogP contribution in [0.15, 0.2) is 24.3 Å². The molecule has 0 aliphatic carbocycles. The van der Waals surface area contributed by atoms with Crippen molar-refractivity contribution in [1.82, 2.24) is 0 Å². The van der Waals surface area contributed by atoms with Gasteiger partial charge in [-0.2, -0.15) is 0 Å². The molecule has 0 bridgehead atoms. The van der Waals surface area contributed by atoms with Crippen LogP contribution in [0, 0.1) is 5.82 Å². The number of aliphatic hydroxyl groups is 3. The molecule has 0 saturated carbocycles. The summed E-state index contributed by atoms with van der Waals surface area (Å²) in [5.74, 6) is -0.104. The van der Waals surface area contributed by atoms with Crippen LogP contribution in [0.2, 0.25) is 0 Å². The van der Waals surface area contributed by atoms with E-state index in [1.54, 1.807) is 6.92 Å². The molecule has 1 saturated heterocycles. The fraction of sp³-hybridized carbons (Fsp3) is 0.500. The van der Waals surface area contributed by atoms with Crippen molar-refractivity contribution in [3.05, 3.63) is 30.1 Å². The van der Waals surface area contributed by atoms with E-state index in [-0.39, 0.29) is 0 Å². The zero-order valence-electron chi connectivity index (χ0n) is 9.73. The van der Waals surface area contributed by atoms with Gasteiger partial charge in [0.05, 0.1) is 6.10 Å². The zero-order chi connectivity index (χ0) is 13.3. The molecule has 1 aliphatic rings. The number of halogens is 1. The van der Waals surface area contributed by atoms with Crippen LogP contribution in [-0.4, -0.2) is 46.0 Å². The molecule has 0 aromatic heterocycles. The summed E-state index contributed by atoms with van der Waals surface area (Å²) < 4.78 is 23.2. The molecule has 5 nitrogen and oxygen atoms in total. The van der Waals surface area contributed by atoms with Crippen LogP contribution < -0.4 is 4.74 Å². The van der Waals surface area contributed by atoms with Crippen LogP contribution in [0.1, 0.15) is 6.92 Å². The molecule has 2 rings (SSSR count). The highest BCUT2D eigenvalue weighted by Gasteiger charge is 2.43. The van der Waals surface area contributed by atoms with Crippen molar-refractivity contribution < 1.29 is 29.2 Å². The first kappa shape index (κ1) is 13.2. The van der Waals surface area contributed by atoms with Crippen LogP contribution in [0.4, 0.5) is 4.39 Å². The lowest BCUT2D eigenvalue weighted by atomic mass is 10.00. The summed E-state index contributed by atoms with van der Waals surface area (Å²) in [7, 11) is 0. The van der Waals surface area contributed by atoms with E-state index < -0.39 is 36.5 Å². The normalized spacial score (nSPS) is 36.4. The molecule has 3 N–H and O–H groups in total. The quantitative estimate of drug-likeness (QED) is 0.697. The van der Waals surface area contributed by atoms with Gasteiger partial charge in [-0.1, -0.05) is 0 Å². The number of hydrogen-bond acceptors (Lipinski definition) is 5. The van der Waals surface area contributed by atoms with E-state index in [2.05, 4.69) is 0 Å². The maximum absolute atomic E-state index is 12.7. The molecular formula is C12H15FO5. The Kier molecular flexibility index (Phi) is 3.82. The molecule has 0 radical (unpaired) electrons. The SMILES string of the molecule is C[C@@H]1O[C@@H](Oc2ccc(F)cc2)[C@H](O)[C@H](O)[C@H]1O. The number of ether oxygens (including phenoxy) is 2. The maximum Gasteiger partial charge on any atom is 0.229 e. The average Bonchev–Trinajstić information content (AvgIpc) is 2.36. The Bertz CT molecular complexity index is 396. The molecule has 18 heavy (non-hydrogen) atoms. The van der Waals surface area contributed by atoms with Crippen molar-refractivity contribution in [3.63, 3.8) is 0 Å². The summed E-state index contributed by atoms with van der Waals surface area (Å²) in [5.41, 5.74) is 0. The van der Waals surface area contributed by atoms with E-state index in [0.29, 0.717) is 5.75 Å². The van der Waals surface area contributed by atoms with Crippen molar-refractivity contribution in [2.24, 2.45) is 0 Å². The number of hydrogen-bond donors (Lipinski definition) is 3. The van der Waals surface area contributed by atoms with Gasteiger partial charge in [0.15, 0.2) is 0 Å². The van der Waals surface area contributed by atoms with Gasteiger partial charge in [-0.05, 0) is 31.2 Å². The third-order valence-corrected chi connectivity index (χ3v) is 2.87. The molecule has 0 amide bonds. The molecule has 1 fully saturated rings. The summed E-state index contributed by atoms with van der Waals surface area (Å²) in [5, 5.41) is 28.8. The van der Waals surface area contributed by atoms with Gasteiger partial charge in [-0.3, -0.25) is 0 Å². The lowest BCUT2D eigenvalue weighted by Gasteiger charge is -2.38. The van der Waals surface area contributed by atoms with Gasteiger partial charge in [-0.15, -0.1) is 0 Å². The van der Waals surface area contributed by atoms with E-state index in [0.717, 1.165) is 0 Å². The first-order chi connectivity index (χ1) is 8.49. The monoisotopic (exact) mass is 258 g/mol. The second-order valence-electron chi connectivity index (χ2n) is 4.25. The van der Waals surface area contributed by atoms with E-state index in [1.807, 2.05) is 0 Å². The highest BCUT2D eigenvalue weighted by Crippen LogP contribution is 2.24. The van der Waals surface area contributed by atoms with Gasteiger partial charge in [0.25, 0.3) is 0 Å². The topological polar surface area (TPSA) is 79.2 Å². The molecule has 0 spiro atoms. The standard InChI is InChI=1S/C12H15FO5/c1-6-9(14)10(15)11(16)12(17-6)18-8-4-2-7(13)3-5-8/h2-6,9-12,14-16H,1H3/t6-,9-,10+,11+,12-/m0/s1. The fourth-order valence-corrected chi connectivity index (χ4v) is 1.76. The van der Waals surface area contributed by atoms with Gasteiger partial charge < -0.3 is 24.8 Å². The van der Waals surface area contributed by atoms with Crippen LogP contribution >= 0.6 is 0 Å². The molecule has 5 atom stereocenters. The van der Waals surface area contributed by atoms with Gasteiger partial charge in [0, 0.05) is 0 Å². The summed E-state index contributed by atoms with van der Waals surface area (Å²) in [4.78, 5) is 0. The highest BCUT2D eigenvalue weighted by atomic mass is 19.1. The molecule has 6 heteroatoms. The largest absolute Gasteiger partial charge is 0.462 e. The smallest absolute Gasteiger partial charge is 0.229 e. The van der Waals surface area contributed by atoms with E-state index in [1.165, 1.54) is 24.3 Å². The second-order valence-corrected chi connectivity index (χ2v) is 4.25. The Morgan fingerprint density at radius 2 is 1.67 bits per heavy atom. The fourth-order valence-electron chi connectivity index (χ4n) is 1.76. The zero-order valence-corrected chi connectivity index (χ0v) is 9.73. The van der Waals surface area contributed by atoms with Crippen LogP contribution in [0.25, 0.3) is 0 Å². The Labute approximate surface area is 103 Å². The molecule has 1 heterocycles. The molecule has 100 valence electrons. The van der Waals surface area contributed by atoms with Gasteiger partial charge in [0.1, 0.15) is 29.9 Å². The third-order valence-electron chi connectivity index (χ3n) is 2.87. The predicted molar refractivity (Wildman–Crippen MR) is 59.4 cm³/mol. The molecule has 1 aromatic rings. The number of rotatable bonds is 2. The Hall–Kier alpha value is -1.21. The Morgan fingerprint density at radius 3 is 2.28 bits per heavy atom. The summed E-state index contributed by atoms with van der Waals surface area (Å²) in [6, 6.07) is 5.18. The Morgan fingerprint density at radius 1 is 1.06 bits per heavy atom. The summed E-state index contributed by atoms with van der Waals surface area (Å²) in [6.07, 6.45) is -5.67. The number of benzene rings is 1. The summed E-state index contributed by atoms with van der Waals surface area (Å²) >= 11 is 0. The van der Waals surface area contributed by atoms with Crippen molar-refractivity contribution in [3.8, 4) is 5.75 Å². The Balaban J connectivity index is 2.06. The van der Waals surface area contributed by atoms with Crippen molar-refractivity contribution in [1.29, 1.82) is 0 Å². The van der Waals surface area contributed by atoms with E-state index >= 15 is 0 Å². The molecule has 1 aromatic carbocycles. The van der Waals surface area contributed by atoms with Crippen LogP contribution in [-0.2, 0) is 4.74 Å². The second kappa shape index (κ2) is 5.19. The third kappa shape index (κ3) is 2.62. The van der Waals surface area contributed by atoms with Gasteiger partial charge in [0.2, 0.25) is 6.29 Å². The lowest BCUT2D eigenvalue weighted by Crippen LogP contribution is -2.58. The van der Waals surface area contributed by atoms with E-state index in [9.17, 15) is 19.7 Å². The highest BCUT2D eigenvalue weighted by molar-refractivity contribution is 5.22. The summed E-state index contributed by atoms with van der Waals surface area (Å²) in [6.45, 7) is 1.56. The number of aliphatic hydroxyl groups excluding tert-OH is 3. The van der Waals surface area contributed by atoms with Crippen molar-refractivity contribution in [2.75, 3.05) is 0 Å². The minimum atomic E-state index is -1.37. The lowest BCUT2D eigenvalue weighted by molar-refractivity contribution is -0.268. The van der Waals surface area contributed by atoms with Crippen molar-refractivity contribution in [2.45, 2.75) is 37.6 Å². The van der Waals surface area contributed by atoms with Gasteiger partial charge >= 0.3 is 0 Å².